The highest BCUT2D eigenvalue weighted by molar-refractivity contribution is 5.92. The number of hydrogen-bond donors (Lipinski definition) is 1. The highest BCUT2D eigenvalue weighted by Crippen LogP contribution is 2.20. The molecule has 1 saturated heterocycles. The van der Waals surface area contributed by atoms with Gasteiger partial charge in [-0.1, -0.05) is 18.2 Å². The van der Waals surface area contributed by atoms with Gasteiger partial charge in [-0.25, -0.2) is 0 Å². The molecular formula is C17H24N2O2. The maximum Gasteiger partial charge on any atom is 0.246 e. The van der Waals surface area contributed by atoms with Crippen LogP contribution in [0.15, 0.2) is 30.3 Å². The molecule has 1 aromatic carbocycles. The quantitative estimate of drug-likeness (QED) is 0.816. The van der Waals surface area contributed by atoms with E-state index in [9.17, 15) is 4.79 Å². The lowest BCUT2D eigenvalue weighted by atomic mass is 10.1. The van der Waals surface area contributed by atoms with Gasteiger partial charge in [0, 0.05) is 24.7 Å². The lowest BCUT2D eigenvalue weighted by molar-refractivity contribution is -0.125. The van der Waals surface area contributed by atoms with Crippen LogP contribution in [0.5, 0.6) is 5.75 Å². The number of hydrogen-bond acceptors (Lipinski definition) is 3. The van der Waals surface area contributed by atoms with Crippen LogP contribution in [0, 0.1) is 5.92 Å². The Morgan fingerprint density at radius 1 is 1.48 bits per heavy atom. The van der Waals surface area contributed by atoms with Crippen LogP contribution in [0.25, 0.3) is 6.08 Å². The van der Waals surface area contributed by atoms with E-state index in [1.165, 1.54) is 0 Å². The predicted octanol–water partition coefficient (Wildman–Crippen LogP) is 2.17. The van der Waals surface area contributed by atoms with Gasteiger partial charge in [-0.3, -0.25) is 4.79 Å². The molecule has 1 aliphatic rings. The number of amides is 1. The highest BCUT2D eigenvalue weighted by atomic mass is 16.5. The average molecular weight is 288 g/mol. The summed E-state index contributed by atoms with van der Waals surface area (Å²) in [6, 6.07) is 7.77. The zero-order valence-electron chi connectivity index (χ0n) is 12.8. The van der Waals surface area contributed by atoms with Crippen LogP contribution in [-0.2, 0) is 4.79 Å². The van der Waals surface area contributed by atoms with Gasteiger partial charge in [-0.2, -0.15) is 0 Å². The van der Waals surface area contributed by atoms with E-state index in [4.69, 9.17) is 4.74 Å². The predicted molar refractivity (Wildman–Crippen MR) is 85.3 cm³/mol. The summed E-state index contributed by atoms with van der Waals surface area (Å²) in [5, 5.41) is 3.18. The van der Waals surface area contributed by atoms with E-state index in [2.05, 4.69) is 5.32 Å². The molecular weight excluding hydrogens is 264 g/mol. The third-order valence-corrected chi connectivity index (χ3v) is 3.71. The van der Waals surface area contributed by atoms with Gasteiger partial charge in [0.15, 0.2) is 0 Å². The molecule has 0 saturated carbocycles. The summed E-state index contributed by atoms with van der Waals surface area (Å²) in [6.45, 7) is 5.24. The maximum absolute atomic E-state index is 12.2. The Morgan fingerprint density at radius 2 is 2.29 bits per heavy atom. The van der Waals surface area contributed by atoms with Crippen molar-refractivity contribution in [3.05, 3.63) is 35.9 Å². The third kappa shape index (κ3) is 4.33. The first-order valence-electron chi connectivity index (χ1n) is 7.58. The smallest absolute Gasteiger partial charge is 0.246 e. The van der Waals surface area contributed by atoms with Crippen molar-refractivity contribution in [2.45, 2.75) is 13.3 Å². The minimum Gasteiger partial charge on any atom is -0.493 e. The second kappa shape index (κ2) is 7.84. The van der Waals surface area contributed by atoms with E-state index >= 15 is 0 Å². The van der Waals surface area contributed by atoms with Crippen molar-refractivity contribution in [1.82, 2.24) is 10.2 Å². The number of benzene rings is 1. The Balaban J connectivity index is 1.96. The number of likely N-dealkylation sites (tertiary alicyclic amines) is 1. The molecule has 0 bridgehead atoms. The molecule has 1 fully saturated rings. The topological polar surface area (TPSA) is 41.6 Å². The number of para-hydroxylation sites is 1. The zero-order chi connectivity index (χ0) is 15.1. The fourth-order valence-corrected chi connectivity index (χ4v) is 2.66. The molecule has 1 N–H and O–H groups in total. The summed E-state index contributed by atoms with van der Waals surface area (Å²) in [5.41, 5.74) is 0.943. The molecule has 114 valence electrons. The second-order valence-corrected chi connectivity index (χ2v) is 5.30. The molecule has 2 rings (SSSR count). The van der Waals surface area contributed by atoms with Gasteiger partial charge >= 0.3 is 0 Å². The largest absolute Gasteiger partial charge is 0.493 e. The lowest BCUT2D eigenvalue weighted by Gasteiger charge is -2.14. The normalized spacial score (nSPS) is 18.4. The van der Waals surface area contributed by atoms with E-state index in [-0.39, 0.29) is 5.91 Å². The molecule has 1 amide bonds. The van der Waals surface area contributed by atoms with Gasteiger partial charge in [0.2, 0.25) is 5.91 Å². The molecule has 1 heterocycles. The van der Waals surface area contributed by atoms with Gasteiger partial charge in [0.05, 0.1) is 6.61 Å². The summed E-state index contributed by atoms with van der Waals surface area (Å²) >= 11 is 0. The number of nitrogens with one attached hydrogen (secondary N) is 1. The van der Waals surface area contributed by atoms with Crippen LogP contribution in [0.4, 0.5) is 0 Å². The molecule has 21 heavy (non-hydrogen) atoms. The van der Waals surface area contributed by atoms with Gasteiger partial charge in [-0.05, 0) is 45.0 Å². The van der Waals surface area contributed by atoms with Crippen molar-refractivity contribution in [2.24, 2.45) is 5.92 Å². The van der Waals surface area contributed by atoms with Crippen molar-refractivity contribution in [3.8, 4) is 5.75 Å². The average Bonchev–Trinajstić information content (AvgIpc) is 2.95. The molecule has 1 atom stereocenters. The number of nitrogens with zero attached hydrogens (tertiary/aromatic N) is 1. The summed E-state index contributed by atoms with van der Waals surface area (Å²) in [7, 11) is 1.95. The van der Waals surface area contributed by atoms with Crippen molar-refractivity contribution in [2.75, 3.05) is 33.3 Å². The van der Waals surface area contributed by atoms with Crippen LogP contribution in [0.3, 0.4) is 0 Å². The zero-order valence-corrected chi connectivity index (χ0v) is 12.8. The molecule has 4 heteroatoms. The number of carbonyl (C=O) groups is 1. The Morgan fingerprint density at radius 3 is 3.05 bits per heavy atom. The summed E-state index contributed by atoms with van der Waals surface area (Å²) in [6.07, 6.45) is 4.58. The first-order valence-corrected chi connectivity index (χ1v) is 7.58. The molecule has 1 unspecified atom stereocenters. The van der Waals surface area contributed by atoms with Crippen molar-refractivity contribution < 1.29 is 9.53 Å². The van der Waals surface area contributed by atoms with Gasteiger partial charge < -0.3 is 15.0 Å². The summed E-state index contributed by atoms with van der Waals surface area (Å²) in [4.78, 5) is 14.1. The molecule has 1 aliphatic heterocycles. The third-order valence-electron chi connectivity index (χ3n) is 3.71. The Labute approximate surface area is 126 Å². The van der Waals surface area contributed by atoms with Gasteiger partial charge in [-0.15, -0.1) is 0 Å². The van der Waals surface area contributed by atoms with Crippen molar-refractivity contribution in [1.29, 1.82) is 0 Å². The van der Waals surface area contributed by atoms with Crippen molar-refractivity contribution >= 4 is 12.0 Å². The summed E-state index contributed by atoms with van der Waals surface area (Å²) in [5.74, 6) is 1.47. The van der Waals surface area contributed by atoms with Gasteiger partial charge in [0.1, 0.15) is 5.75 Å². The SMILES string of the molecule is CCOc1ccccc1/C=C/C(=O)N1CCC(CNC)C1. The molecule has 0 aliphatic carbocycles. The molecule has 1 aromatic rings. The lowest BCUT2D eigenvalue weighted by Crippen LogP contribution is -2.28. The number of ether oxygens (including phenoxy) is 1. The molecule has 0 aromatic heterocycles. The van der Waals surface area contributed by atoms with Crippen LogP contribution >= 0.6 is 0 Å². The fraction of sp³-hybridized carbons (Fsp3) is 0.471. The monoisotopic (exact) mass is 288 g/mol. The van der Waals surface area contributed by atoms with E-state index < -0.39 is 0 Å². The van der Waals surface area contributed by atoms with E-state index in [0.29, 0.717) is 12.5 Å². The Bertz CT molecular complexity index is 499. The Hall–Kier alpha value is -1.81. The van der Waals surface area contributed by atoms with Gasteiger partial charge in [0.25, 0.3) is 0 Å². The second-order valence-electron chi connectivity index (χ2n) is 5.30. The minimum atomic E-state index is 0.0832. The number of carbonyl (C=O) groups excluding carboxylic acids is 1. The first-order chi connectivity index (χ1) is 10.2. The highest BCUT2D eigenvalue weighted by Gasteiger charge is 2.24. The van der Waals surface area contributed by atoms with Crippen molar-refractivity contribution in [3.63, 3.8) is 0 Å². The first kappa shape index (κ1) is 15.6. The maximum atomic E-state index is 12.2. The molecule has 0 radical (unpaired) electrons. The Kier molecular flexibility index (Phi) is 5.81. The van der Waals surface area contributed by atoms with E-state index in [1.54, 1.807) is 6.08 Å². The van der Waals surface area contributed by atoms with Crippen LogP contribution in [0.2, 0.25) is 0 Å². The van der Waals surface area contributed by atoms with Crippen LogP contribution in [0.1, 0.15) is 18.9 Å². The minimum absolute atomic E-state index is 0.0832. The van der Waals surface area contributed by atoms with E-state index in [0.717, 1.165) is 37.4 Å². The fourth-order valence-electron chi connectivity index (χ4n) is 2.66. The van der Waals surface area contributed by atoms with E-state index in [1.807, 2.05) is 49.2 Å². The van der Waals surface area contributed by atoms with Crippen LogP contribution < -0.4 is 10.1 Å². The standard InChI is InChI=1S/C17H24N2O2/c1-3-21-16-7-5-4-6-15(16)8-9-17(20)19-11-10-14(13-19)12-18-2/h4-9,14,18H,3,10-13H2,1-2H3/b9-8+. The van der Waals surface area contributed by atoms with Crippen LogP contribution in [-0.4, -0.2) is 44.1 Å². The summed E-state index contributed by atoms with van der Waals surface area (Å²) < 4.78 is 5.56. The molecule has 4 nitrogen and oxygen atoms in total. The molecule has 0 spiro atoms. The number of rotatable bonds is 6.